The molecule has 0 aromatic heterocycles. The number of hydrogen-bond acceptors (Lipinski definition) is 2. The Kier molecular flexibility index (Phi) is 7.80. The van der Waals surface area contributed by atoms with Crippen molar-refractivity contribution < 1.29 is 14.0 Å². The van der Waals surface area contributed by atoms with Crippen molar-refractivity contribution in [2.24, 2.45) is 0 Å². The average Bonchev–Trinajstić information content (AvgIpc) is 2.66. The molecule has 2 rings (SSSR count). The lowest BCUT2D eigenvalue weighted by Gasteiger charge is -2.29. The minimum Gasteiger partial charge on any atom is -0.355 e. The highest BCUT2D eigenvalue weighted by Gasteiger charge is 2.25. The van der Waals surface area contributed by atoms with Crippen molar-refractivity contribution in [2.75, 3.05) is 6.54 Å². The number of nitrogens with one attached hydrogen (secondary N) is 1. The van der Waals surface area contributed by atoms with Crippen LogP contribution in [-0.4, -0.2) is 29.3 Å². The second kappa shape index (κ2) is 10.1. The van der Waals surface area contributed by atoms with Crippen LogP contribution in [0.5, 0.6) is 0 Å². The van der Waals surface area contributed by atoms with Crippen LogP contribution in [0.25, 0.3) is 0 Å². The lowest BCUT2D eigenvalue weighted by molar-refractivity contribution is -0.140. The van der Waals surface area contributed by atoms with Crippen LogP contribution in [0.1, 0.15) is 31.4 Å². The Balaban J connectivity index is 2.14. The topological polar surface area (TPSA) is 49.4 Å². The van der Waals surface area contributed by atoms with Crippen LogP contribution < -0.4 is 5.32 Å². The van der Waals surface area contributed by atoms with Crippen LogP contribution in [0.2, 0.25) is 5.02 Å². The van der Waals surface area contributed by atoms with Crippen LogP contribution in [0, 0.1) is 5.82 Å². The largest absolute Gasteiger partial charge is 0.355 e. The van der Waals surface area contributed by atoms with Gasteiger partial charge in [-0.15, -0.1) is 0 Å². The van der Waals surface area contributed by atoms with Gasteiger partial charge >= 0.3 is 0 Å². The van der Waals surface area contributed by atoms with E-state index >= 15 is 0 Å². The van der Waals surface area contributed by atoms with Gasteiger partial charge in [-0.05, 0) is 49.6 Å². The molecule has 0 aliphatic rings. The van der Waals surface area contributed by atoms with Gasteiger partial charge in [0.2, 0.25) is 11.8 Å². The summed E-state index contributed by atoms with van der Waals surface area (Å²) in [4.78, 5) is 26.7. The Morgan fingerprint density at radius 2 is 1.81 bits per heavy atom. The fourth-order valence-electron chi connectivity index (χ4n) is 2.78. The molecule has 0 saturated carbocycles. The van der Waals surface area contributed by atoms with Crippen LogP contribution in [0.15, 0.2) is 48.5 Å². The van der Waals surface area contributed by atoms with E-state index < -0.39 is 6.04 Å². The maximum Gasteiger partial charge on any atom is 0.242 e. The van der Waals surface area contributed by atoms with E-state index in [9.17, 15) is 14.0 Å². The Morgan fingerprint density at radius 3 is 2.44 bits per heavy atom. The first-order valence-corrected chi connectivity index (χ1v) is 9.35. The third-order valence-electron chi connectivity index (χ3n) is 4.35. The zero-order chi connectivity index (χ0) is 19.8. The van der Waals surface area contributed by atoms with Crippen molar-refractivity contribution in [1.82, 2.24) is 10.2 Å². The molecule has 144 valence electrons. The quantitative estimate of drug-likeness (QED) is 0.741. The second-order valence-corrected chi connectivity index (χ2v) is 6.72. The van der Waals surface area contributed by atoms with Gasteiger partial charge in [0.1, 0.15) is 11.9 Å². The van der Waals surface area contributed by atoms with Gasteiger partial charge in [-0.25, -0.2) is 4.39 Å². The van der Waals surface area contributed by atoms with Gasteiger partial charge in [-0.3, -0.25) is 9.59 Å². The summed E-state index contributed by atoms with van der Waals surface area (Å²) in [5.74, 6) is -0.712. The number of likely N-dealkylation sites (N-methyl/N-ethyl adjacent to an activating group) is 1. The standard InChI is InChI=1S/C21H24ClFN2O2/c1-3-24-21(27)15(2)25(14-16-8-11-18(23)12-9-16)20(26)13-10-17-6-4-5-7-19(17)22/h4-9,11-12,15H,3,10,13-14H2,1-2H3,(H,24,27). The normalized spacial score (nSPS) is 11.7. The smallest absolute Gasteiger partial charge is 0.242 e. The molecule has 2 aromatic rings. The molecule has 1 N–H and O–H groups in total. The van der Waals surface area contributed by atoms with E-state index in [2.05, 4.69) is 5.32 Å². The van der Waals surface area contributed by atoms with Crippen molar-refractivity contribution in [3.8, 4) is 0 Å². The first-order valence-electron chi connectivity index (χ1n) is 8.97. The van der Waals surface area contributed by atoms with Gasteiger partial charge in [0.05, 0.1) is 0 Å². The van der Waals surface area contributed by atoms with E-state index in [4.69, 9.17) is 11.6 Å². The molecule has 0 aliphatic carbocycles. The summed E-state index contributed by atoms with van der Waals surface area (Å²) in [6.45, 7) is 4.25. The van der Waals surface area contributed by atoms with Crippen LogP contribution >= 0.6 is 11.6 Å². The SMILES string of the molecule is CCNC(=O)C(C)N(Cc1ccc(F)cc1)C(=O)CCc1ccccc1Cl. The van der Waals surface area contributed by atoms with Crippen LogP contribution in [0.3, 0.4) is 0 Å². The summed E-state index contributed by atoms with van der Waals surface area (Å²) in [6.07, 6.45) is 0.717. The Hall–Kier alpha value is -2.40. The summed E-state index contributed by atoms with van der Waals surface area (Å²) in [5, 5.41) is 3.36. The van der Waals surface area contributed by atoms with Crippen molar-refractivity contribution in [3.05, 3.63) is 70.5 Å². The molecule has 0 saturated heterocycles. The minimum atomic E-state index is -0.631. The maximum atomic E-state index is 13.2. The van der Waals surface area contributed by atoms with E-state index in [0.29, 0.717) is 18.0 Å². The molecule has 0 spiro atoms. The number of rotatable bonds is 8. The molecule has 1 atom stereocenters. The van der Waals surface area contributed by atoms with Crippen molar-refractivity contribution in [1.29, 1.82) is 0 Å². The number of amides is 2. The van der Waals surface area contributed by atoms with Gasteiger partial charge < -0.3 is 10.2 Å². The average molecular weight is 391 g/mol. The Bertz CT molecular complexity index is 780. The first kappa shape index (κ1) is 20.9. The monoisotopic (exact) mass is 390 g/mol. The fraction of sp³-hybridized carbons (Fsp3) is 0.333. The molecule has 27 heavy (non-hydrogen) atoms. The summed E-state index contributed by atoms with van der Waals surface area (Å²) < 4.78 is 13.2. The van der Waals surface area contributed by atoms with Gasteiger partial charge in [0, 0.05) is 24.5 Å². The number of benzene rings is 2. The van der Waals surface area contributed by atoms with E-state index in [0.717, 1.165) is 11.1 Å². The minimum absolute atomic E-state index is 0.155. The predicted octanol–water partition coefficient (Wildman–Crippen LogP) is 3.97. The highest BCUT2D eigenvalue weighted by Crippen LogP contribution is 2.18. The molecular formula is C21H24ClFN2O2. The summed E-state index contributed by atoms with van der Waals surface area (Å²) in [6, 6.07) is 12.7. The van der Waals surface area contributed by atoms with Crippen LogP contribution in [-0.2, 0) is 22.6 Å². The summed E-state index contributed by atoms with van der Waals surface area (Å²) in [7, 11) is 0. The molecule has 1 unspecified atom stereocenters. The first-order chi connectivity index (χ1) is 12.9. The maximum absolute atomic E-state index is 13.2. The number of carbonyl (C=O) groups is 2. The summed E-state index contributed by atoms with van der Waals surface area (Å²) in [5.41, 5.74) is 1.65. The molecule has 0 bridgehead atoms. The van der Waals surface area contributed by atoms with Gasteiger partial charge in [-0.2, -0.15) is 0 Å². The fourth-order valence-corrected chi connectivity index (χ4v) is 3.01. The number of nitrogens with zero attached hydrogens (tertiary/aromatic N) is 1. The second-order valence-electron chi connectivity index (χ2n) is 6.31. The lowest BCUT2D eigenvalue weighted by Crippen LogP contribution is -2.47. The number of halogens is 2. The van der Waals surface area contributed by atoms with Gasteiger partial charge in [0.15, 0.2) is 0 Å². The molecule has 0 heterocycles. The van der Waals surface area contributed by atoms with Crippen molar-refractivity contribution in [3.63, 3.8) is 0 Å². The number of carbonyl (C=O) groups excluding carboxylic acids is 2. The predicted molar refractivity (Wildman–Crippen MR) is 105 cm³/mol. The summed E-state index contributed by atoms with van der Waals surface area (Å²) >= 11 is 6.16. The zero-order valence-corrected chi connectivity index (χ0v) is 16.3. The third-order valence-corrected chi connectivity index (χ3v) is 4.72. The van der Waals surface area contributed by atoms with Gasteiger partial charge in [-0.1, -0.05) is 41.9 Å². The third kappa shape index (κ3) is 6.07. The molecule has 0 fully saturated rings. The molecule has 0 radical (unpaired) electrons. The number of hydrogen-bond donors (Lipinski definition) is 1. The molecule has 2 aromatic carbocycles. The molecule has 4 nitrogen and oxygen atoms in total. The molecule has 6 heteroatoms. The van der Waals surface area contributed by atoms with Gasteiger partial charge in [0.25, 0.3) is 0 Å². The van der Waals surface area contributed by atoms with E-state index in [1.807, 2.05) is 25.1 Å². The highest BCUT2D eigenvalue weighted by molar-refractivity contribution is 6.31. The lowest BCUT2D eigenvalue weighted by atomic mass is 10.1. The Labute approximate surface area is 164 Å². The van der Waals surface area contributed by atoms with E-state index in [-0.39, 0.29) is 30.6 Å². The Morgan fingerprint density at radius 1 is 1.15 bits per heavy atom. The van der Waals surface area contributed by atoms with Crippen molar-refractivity contribution in [2.45, 2.75) is 39.3 Å². The molecular weight excluding hydrogens is 367 g/mol. The molecule has 0 aliphatic heterocycles. The van der Waals surface area contributed by atoms with Crippen LogP contribution in [0.4, 0.5) is 4.39 Å². The molecule has 2 amide bonds. The van der Waals surface area contributed by atoms with E-state index in [1.54, 1.807) is 25.1 Å². The number of aryl methyl sites for hydroxylation is 1. The van der Waals surface area contributed by atoms with Crippen molar-refractivity contribution >= 4 is 23.4 Å². The van der Waals surface area contributed by atoms with E-state index in [1.165, 1.54) is 17.0 Å². The zero-order valence-electron chi connectivity index (χ0n) is 15.5. The highest BCUT2D eigenvalue weighted by atomic mass is 35.5.